The van der Waals surface area contributed by atoms with E-state index in [1.807, 2.05) is 13.8 Å². The van der Waals surface area contributed by atoms with Gasteiger partial charge in [-0.15, -0.1) is 0 Å². The van der Waals surface area contributed by atoms with Crippen LogP contribution in [0.5, 0.6) is 0 Å². The van der Waals surface area contributed by atoms with Crippen LogP contribution in [0.25, 0.3) is 0 Å². The summed E-state index contributed by atoms with van der Waals surface area (Å²) < 4.78 is 0. The minimum atomic E-state index is -0.841. The van der Waals surface area contributed by atoms with Crippen LogP contribution in [0, 0.1) is 26.1 Å². The number of nitro benzene ring substituents is 2. The van der Waals surface area contributed by atoms with Crippen LogP contribution in [-0.4, -0.2) is 34.2 Å². The summed E-state index contributed by atoms with van der Waals surface area (Å²) in [5.74, 6) is -1.01. The van der Waals surface area contributed by atoms with Gasteiger partial charge in [0, 0.05) is 18.7 Å². The molecule has 0 aliphatic heterocycles. The third-order valence-electron chi connectivity index (χ3n) is 4.49. The van der Waals surface area contributed by atoms with Crippen molar-refractivity contribution in [2.75, 3.05) is 6.54 Å². The lowest BCUT2D eigenvalue weighted by molar-refractivity contribution is -0.394. The molecule has 1 unspecified atom stereocenters. The number of nitrogens with one attached hydrogen (secondary N) is 2. The maximum absolute atomic E-state index is 12.6. The molecule has 30 heavy (non-hydrogen) atoms. The number of carbonyl (C=O) groups excluding carboxylic acids is 2. The second-order valence-electron chi connectivity index (χ2n) is 7.61. The highest BCUT2D eigenvalue weighted by Crippen LogP contribution is 2.23. The molecule has 0 aliphatic carbocycles. The topological polar surface area (TPSA) is 144 Å². The summed E-state index contributed by atoms with van der Waals surface area (Å²) in [4.78, 5) is 45.6. The zero-order valence-electron chi connectivity index (χ0n) is 17.7. The third-order valence-corrected chi connectivity index (χ3v) is 4.49. The van der Waals surface area contributed by atoms with Gasteiger partial charge in [-0.25, -0.2) is 0 Å². The van der Waals surface area contributed by atoms with Crippen LogP contribution in [-0.2, 0) is 4.79 Å². The molecule has 0 aromatic heterocycles. The van der Waals surface area contributed by atoms with E-state index >= 15 is 0 Å². The lowest BCUT2D eigenvalue weighted by atomic mass is 10.0. The van der Waals surface area contributed by atoms with E-state index in [1.165, 1.54) is 0 Å². The number of rotatable bonds is 13. The number of hydrogen-bond acceptors (Lipinski definition) is 6. The molecular weight excluding hydrogens is 392 g/mol. The van der Waals surface area contributed by atoms with Gasteiger partial charge in [0.15, 0.2) is 0 Å². The maximum atomic E-state index is 12.6. The molecule has 1 aromatic rings. The van der Waals surface area contributed by atoms with Gasteiger partial charge in [-0.05, 0) is 18.8 Å². The lowest BCUT2D eigenvalue weighted by Crippen LogP contribution is -2.47. The van der Waals surface area contributed by atoms with E-state index in [1.54, 1.807) is 0 Å². The number of benzene rings is 1. The third kappa shape index (κ3) is 8.54. The quantitative estimate of drug-likeness (QED) is 0.281. The standard InChI is InChI=1S/C20H30N4O6/c1-4-5-6-7-8-9-21-20(26)18(10-14(2)3)22-19(25)15-11-16(23(27)28)13-17(12-15)24(29)30/h11-14,18H,4-10H2,1-3H3,(H,21,26)(H,22,25). The van der Waals surface area contributed by atoms with Crippen LogP contribution in [0.4, 0.5) is 11.4 Å². The summed E-state index contributed by atoms with van der Waals surface area (Å²) in [5, 5.41) is 27.4. The molecule has 0 heterocycles. The molecule has 0 saturated carbocycles. The van der Waals surface area contributed by atoms with E-state index < -0.39 is 33.2 Å². The predicted octanol–water partition coefficient (Wildman–Crippen LogP) is 3.73. The smallest absolute Gasteiger partial charge is 0.277 e. The van der Waals surface area contributed by atoms with Crippen LogP contribution in [0.15, 0.2) is 18.2 Å². The highest BCUT2D eigenvalue weighted by atomic mass is 16.6. The lowest BCUT2D eigenvalue weighted by Gasteiger charge is -2.20. The van der Waals surface area contributed by atoms with Crippen molar-refractivity contribution in [2.45, 2.75) is 65.3 Å². The van der Waals surface area contributed by atoms with Crippen molar-refractivity contribution in [3.8, 4) is 0 Å². The molecule has 0 saturated heterocycles. The predicted molar refractivity (Wildman–Crippen MR) is 112 cm³/mol. The summed E-state index contributed by atoms with van der Waals surface area (Å²) in [6.45, 7) is 6.41. The Morgan fingerprint density at radius 2 is 1.53 bits per heavy atom. The van der Waals surface area contributed by atoms with E-state index in [4.69, 9.17) is 0 Å². The average Bonchev–Trinajstić information content (AvgIpc) is 2.69. The van der Waals surface area contributed by atoms with E-state index in [0.29, 0.717) is 13.0 Å². The van der Waals surface area contributed by atoms with Gasteiger partial charge >= 0.3 is 0 Å². The summed E-state index contributed by atoms with van der Waals surface area (Å²) in [5.41, 5.74) is -1.37. The van der Waals surface area contributed by atoms with Gasteiger partial charge in [0.2, 0.25) is 5.91 Å². The van der Waals surface area contributed by atoms with Crippen LogP contribution in [0.3, 0.4) is 0 Å². The maximum Gasteiger partial charge on any atom is 0.277 e. The average molecular weight is 422 g/mol. The summed E-state index contributed by atoms with van der Waals surface area (Å²) in [7, 11) is 0. The largest absolute Gasteiger partial charge is 0.354 e. The van der Waals surface area contributed by atoms with Crippen molar-refractivity contribution in [3.05, 3.63) is 44.0 Å². The Morgan fingerprint density at radius 3 is 2.03 bits per heavy atom. The number of nitrogens with zero attached hydrogens (tertiary/aromatic N) is 2. The first kappa shape index (κ1) is 25.0. The van der Waals surface area contributed by atoms with E-state index in [2.05, 4.69) is 17.6 Å². The Bertz CT molecular complexity index is 733. The summed E-state index contributed by atoms with van der Waals surface area (Å²) in [6.07, 6.45) is 5.59. The van der Waals surface area contributed by atoms with Gasteiger partial charge in [-0.3, -0.25) is 29.8 Å². The first-order valence-corrected chi connectivity index (χ1v) is 10.2. The highest BCUT2D eigenvalue weighted by Gasteiger charge is 2.25. The Balaban J connectivity index is 2.87. The monoisotopic (exact) mass is 422 g/mol. The number of unbranched alkanes of at least 4 members (excludes halogenated alkanes) is 4. The minimum absolute atomic E-state index is 0.102. The van der Waals surface area contributed by atoms with Crippen molar-refractivity contribution in [2.24, 2.45) is 5.92 Å². The van der Waals surface area contributed by atoms with Crippen molar-refractivity contribution in [1.82, 2.24) is 10.6 Å². The van der Waals surface area contributed by atoms with Gasteiger partial charge in [-0.1, -0.05) is 46.5 Å². The molecule has 0 bridgehead atoms. The Labute approximate surface area is 175 Å². The van der Waals surface area contributed by atoms with Crippen LogP contribution < -0.4 is 10.6 Å². The Kier molecular flexibility index (Phi) is 10.4. The van der Waals surface area contributed by atoms with Gasteiger partial charge < -0.3 is 10.6 Å². The van der Waals surface area contributed by atoms with E-state index in [9.17, 15) is 29.8 Å². The summed E-state index contributed by atoms with van der Waals surface area (Å²) >= 11 is 0. The number of amides is 2. The molecule has 1 rings (SSSR count). The van der Waals surface area contributed by atoms with Crippen molar-refractivity contribution in [3.63, 3.8) is 0 Å². The first-order chi connectivity index (χ1) is 14.1. The van der Waals surface area contributed by atoms with Crippen molar-refractivity contribution < 1.29 is 19.4 Å². The number of carbonyl (C=O) groups is 2. The van der Waals surface area contributed by atoms with Crippen molar-refractivity contribution in [1.29, 1.82) is 0 Å². The molecule has 10 heteroatoms. The molecule has 2 N–H and O–H groups in total. The zero-order chi connectivity index (χ0) is 22.7. The van der Waals surface area contributed by atoms with Crippen LogP contribution >= 0.6 is 0 Å². The molecule has 1 aromatic carbocycles. The fraction of sp³-hybridized carbons (Fsp3) is 0.600. The second-order valence-corrected chi connectivity index (χ2v) is 7.61. The molecule has 0 fully saturated rings. The molecule has 0 aliphatic rings. The number of non-ortho nitro benzene ring substituents is 2. The van der Waals surface area contributed by atoms with Crippen molar-refractivity contribution >= 4 is 23.2 Å². The Morgan fingerprint density at radius 1 is 0.967 bits per heavy atom. The second kappa shape index (κ2) is 12.5. The van der Waals surface area contributed by atoms with Crippen LogP contribution in [0.2, 0.25) is 0 Å². The van der Waals surface area contributed by atoms with E-state index in [-0.39, 0.29) is 17.4 Å². The minimum Gasteiger partial charge on any atom is -0.354 e. The first-order valence-electron chi connectivity index (χ1n) is 10.2. The van der Waals surface area contributed by atoms with Gasteiger partial charge in [0.05, 0.1) is 21.5 Å². The van der Waals surface area contributed by atoms with Gasteiger partial charge in [0.25, 0.3) is 17.3 Å². The fourth-order valence-electron chi connectivity index (χ4n) is 2.94. The molecular formula is C20H30N4O6. The molecule has 0 radical (unpaired) electrons. The number of hydrogen-bond donors (Lipinski definition) is 2. The summed E-state index contributed by atoms with van der Waals surface area (Å²) in [6, 6.07) is 1.86. The number of nitro groups is 2. The molecule has 10 nitrogen and oxygen atoms in total. The molecule has 2 amide bonds. The molecule has 0 spiro atoms. The zero-order valence-corrected chi connectivity index (χ0v) is 17.7. The molecule has 166 valence electrons. The van der Waals surface area contributed by atoms with Gasteiger partial charge in [-0.2, -0.15) is 0 Å². The SMILES string of the molecule is CCCCCCCNC(=O)C(CC(C)C)NC(=O)c1cc([N+](=O)[O-])cc([N+](=O)[O-])c1. The Hall–Kier alpha value is -3.04. The van der Waals surface area contributed by atoms with E-state index in [0.717, 1.165) is 50.3 Å². The van der Waals surface area contributed by atoms with Gasteiger partial charge in [0.1, 0.15) is 6.04 Å². The van der Waals surface area contributed by atoms with Crippen LogP contribution in [0.1, 0.15) is 69.7 Å². The fourth-order valence-corrected chi connectivity index (χ4v) is 2.94. The normalized spacial score (nSPS) is 11.7. The molecule has 1 atom stereocenters. The highest BCUT2D eigenvalue weighted by molar-refractivity contribution is 5.98.